The van der Waals surface area contributed by atoms with Gasteiger partial charge in [-0.25, -0.2) is 14.8 Å². The number of halogens is 1. The van der Waals surface area contributed by atoms with Gasteiger partial charge in [0.2, 0.25) is 0 Å². The normalized spacial score (nSPS) is 10.2. The van der Waals surface area contributed by atoms with Gasteiger partial charge >= 0.3 is 5.97 Å². The highest BCUT2D eigenvalue weighted by molar-refractivity contribution is 6.33. The average molecular weight is 278 g/mol. The van der Waals surface area contributed by atoms with Crippen molar-refractivity contribution in [2.24, 2.45) is 0 Å². The van der Waals surface area contributed by atoms with Crippen LogP contribution in [0.1, 0.15) is 23.2 Å². The largest absolute Gasteiger partial charge is 0.477 e. The summed E-state index contributed by atoms with van der Waals surface area (Å²) in [4.78, 5) is 19.2. The molecule has 0 unspecified atom stereocenters. The van der Waals surface area contributed by atoms with E-state index >= 15 is 0 Å². The van der Waals surface area contributed by atoms with Crippen molar-refractivity contribution in [1.82, 2.24) is 9.97 Å². The molecule has 2 rings (SSSR count). The maximum Gasteiger partial charge on any atom is 0.354 e. The molecule has 19 heavy (non-hydrogen) atoms. The second-order valence-electron chi connectivity index (χ2n) is 3.82. The number of carbonyl (C=O) groups is 1. The molecule has 0 bridgehead atoms. The Hall–Kier alpha value is -2.14. The molecule has 0 aliphatic heterocycles. The highest BCUT2D eigenvalue weighted by atomic mass is 35.5. The van der Waals surface area contributed by atoms with Crippen molar-refractivity contribution in [1.29, 1.82) is 0 Å². The molecule has 0 amide bonds. The summed E-state index contributed by atoms with van der Waals surface area (Å²) in [6.45, 7) is 1.86. The minimum absolute atomic E-state index is 0.0404. The summed E-state index contributed by atoms with van der Waals surface area (Å²) in [6, 6.07) is 8.55. The van der Waals surface area contributed by atoms with E-state index in [-0.39, 0.29) is 5.69 Å². The van der Waals surface area contributed by atoms with E-state index in [0.29, 0.717) is 28.8 Å². The Morgan fingerprint density at radius 2 is 2.11 bits per heavy atom. The quantitative estimate of drug-likeness (QED) is 0.898. The van der Waals surface area contributed by atoms with Gasteiger partial charge in [0.1, 0.15) is 11.6 Å². The van der Waals surface area contributed by atoms with Crippen LogP contribution in [0.4, 0.5) is 11.5 Å². The molecule has 0 atom stereocenters. The molecule has 0 spiro atoms. The van der Waals surface area contributed by atoms with Gasteiger partial charge in [0.15, 0.2) is 5.69 Å². The summed E-state index contributed by atoms with van der Waals surface area (Å²) in [5.74, 6) is -0.203. The van der Waals surface area contributed by atoms with E-state index in [1.165, 1.54) is 6.07 Å². The summed E-state index contributed by atoms with van der Waals surface area (Å²) in [5.41, 5.74) is 0.627. The van der Waals surface area contributed by atoms with Crippen molar-refractivity contribution in [3.8, 4) is 0 Å². The van der Waals surface area contributed by atoms with Crippen LogP contribution in [0.5, 0.6) is 0 Å². The standard InChI is InChI=1S/C13H12ClN3O2/c1-2-11-16-10(13(18)19)7-12(17-11)15-9-6-4-3-5-8(9)14/h3-7H,2H2,1H3,(H,18,19)(H,15,16,17). The predicted octanol–water partition coefficient (Wildman–Crippen LogP) is 3.13. The van der Waals surface area contributed by atoms with Gasteiger partial charge in [-0.1, -0.05) is 30.7 Å². The first kappa shape index (κ1) is 13.3. The van der Waals surface area contributed by atoms with Crippen molar-refractivity contribution in [2.45, 2.75) is 13.3 Å². The van der Waals surface area contributed by atoms with Crippen molar-refractivity contribution >= 4 is 29.1 Å². The highest BCUT2D eigenvalue weighted by Gasteiger charge is 2.10. The molecule has 1 aromatic carbocycles. The van der Waals surface area contributed by atoms with E-state index in [2.05, 4.69) is 15.3 Å². The second-order valence-corrected chi connectivity index (χ2v) is 4.23. The van der Waals surface area contributed by atoms with E-state index in [1.807, 2.05) is 19.1 Å². The van der Waals surface area contributed by atoms with E-state index < -0.39 is 5.97 Å². The summed E-state index contributed by atoms with van der Waals surface area (Å²) < 4.78 is 0. The van der Waals surface area contributed by atoms with Gasteiger partial charge in [-0.15, -0.1) is 0 Å². The molecule has 0 fully saturated rings. The predicted molar refractivity (Wildman–Crippen MR) is 73.1 cm³/mol. The first-order chi connectivity index (χ1) is 9.10. The number of hydrogen-bond donors (Lipinski definition) is 2. The molecule has 0 saturated carbocycles. The van der Waals surface area contributed by atoms with Crippen LogP contribution in [-0.4, -0.2) is 21.0 Å². The fourth-order valence-electron chi connectivity index (χ4n) is 1.53. The van der Waals surface area contributed by atoms with Crippen LogP contribution in [0.3, 0.4) is 0 Å². The zero-order valence-electron chi connectivity index (χ0n) is 10.2. The number of aryl methyl sites for hydroxylation is 1. The van der Waals surface area contributed by atoms with Gasteiger partial charge in [-0.05, 0) is 12.1 Å². The third-order valence-corrected chi connectivity index (χ3v) is 2.77. The number of hydrogen-bond acceptors (Lipinski definition) is 4. The third kappa shape index (κ3) is 3.20. The smallest absolute Gasteiger partial charge is 0.354 e. The van der Waals surface area contributed by atoms with Crippen LogP contribution in [0.25, 0.3) is 0 Å². The fourth-order valence-corrected chi connectivity index (χ4v) is 1.71. The minimum Gasteiger partial charge on any atom is -0.477 e. The van der Waals surface area contributed by atoms with Crippen LogP contribution in [-0.2, 0) is 6.42 Å². The number of benzene rings is 1. The van der Waals surface area contributed by atoms with Crippen LogP contribution in [0.2, 0.25) is 5.02 Å². The van der Waals surface area contributed by atoms with Crippen molar-refractivity contribution in [2.75, 3.05) is 5.32 Å². The van der Waals surface area contributed by atoms with Gasteiger partial charge in [-0.3, -0.25) is 0 Å². The van der Waals surface area contributed by atoms with Gasteiger partial charge < -0.3 is 10.4 Å². The monoisotopic (exact) mass is 277 g/mol. The highest BCUT2D eigenvalue weighted by Crippen LogP contribution is 2.24. The number of anilines is 2. The summed E-state index contributed by atoms with van der Waals surface area (Å²) >= 11 is 6.03. The Morgan fingerprint density at radius 1 is 1.37 bits per heavy atom. The first-order valence-corrected chi connectivity index (χ1v) is 6.10. The number of carboxylic acids is 1. The Balaban J connectivity index is 2.37. The minimum atomic E-state index is -1.08. The molecule has 0 radical (unpaired) electrons. The number of nitrogens with zero attached hydrogens (tertiary/aromatic N) is 2. The number of rotatable bonds is 4. The van der Waals surface area contributed by atoms with Crippen molar-refractivity contribution < 1.29 is 9.90 Å². The van der Waals surface area contributed by atoms with Gasteiger partial charge in [0.05, 0.1) is 10.7 Å². The van der Waals surface area contributed by atoms with E-state index in [0.717, 1.165) is 0 Å². The van der Waals surface area contributed by atoms with Crippen LogP contribution in [0, 0.1) is 0 Å². The number of para-hydroxylation sites is 1. The lowest BCUT2D eigenvalue weighted by Gasteiger charge is -2.09. The fraction of sp³-hybridized carbons (Fsp3) is 0.154. The maximum absolute atomic E-state index is 11.0. The van der Waals surface area contributed by atoms with Gasteiger partial charge in [-0.2, -0.15) is 0 Å². The molecule has 98 valence electrons. The zero-order chi connectivity index (χ0) is 13.8. The van der Waals surface area contributed by atoms with Crippen LogP contribution >= 0.6 is 11.6 Å². The maximum atomic E-state index is 11.0. The Labute approximate surface area is 115 Å². The van der Waals surface area contributed by atoms with Crippen molar-refractivity contribution in [3.05, 3.63) is 46.9 Å². The molecule has 0 aliphatic rings. The summed E-state index contributed by atoms with van der Waals surface area (Å²) in [6.07, 6.45) is 0.554. The molecule has 6 heteroatoms. The molecule has 2 aromatic rings. The number of aromatic nitrogens is 2. The summed E-state index contributed by atoms with van der Waals surface area (Å²) in [5, 5.41) is 12.5. The SMILES string of the molecule is CCc1nc(Nc2ccccc2Cl)cc(C(=O)O)n1. The zero-order valence-corrected chi connectivity index (χ0v) is 11.0. The lowest BCUT2D eigenvalue weighted by atomic mass is 10.3. The van der Waals surface area contributed by atoms with Crippen LogP contribution in [0.15, 0.2) is 30.3 Å². The topological polar surface area (TPSA) is 75.1 Å². The number of aromatic carboxylic acids is 1. The van der Waals surface area contributed by atoms with E-state index in [4.69, 9.17) is 16.7 Å². The third-order valence-electron chi connectivity index (χ3n) is 2.44. The summed E-state index contributed by atoms with van der Waals surface area (Å²) in [7, 11) is 0. The first-order valence-electron chi connectivity index (χ1n) is 5.73. The molecule has 0 aliphatic carbocycles. The Bertz CT molecular complexity index is 617. The molecule has 0 saturated heterocycles. The molecular formula is C13H12ClN3O2. The Morgan fingerprint density at radius 3 is 2.74 bits per heavy atom. The van der Waals surface area contributed by atoms with E-state index in [9.17, 15) is 4.79 Å². The number of carboxylic acid groups (broad SMARTS) is 1. The van der Waals surface area contributed by atoms with Crippen LogP contribution < -0.4 is 5.32 Å². The Kier molecular flexibility index (Phi) is 3.97. The molecule has 1 aromatic heterocycles. The molecule has 1 heterocycles. The van der Waals surface area contributed by atoms with Crippen molar-refractivity contribution in [3.63, 3.8) is 0 Å². The molecular weight excluding hydrogens is 266 g/mol. The lowest BCUT2D eigenvalue weighted by molar-refractivity contribution is 0.0690. The number of nitrogens with one attached hydrogen (secondary N) is 1. The van der Waals surface area contributed by atoms with Gasteiger partial charge in [0, 0.05) is 12.5 Å². The molecule has 5 nitrogen and oxygen atoms in total. The second kappa shape index (κ2) is 5.67. The molecule has 2 N–H and O–H groups in total. The van der Waals surface area contributed by atoms with E-state index in [1.54, 1.807) is 12.1 Å². The average Bonchev–Trinajstić information content (AvgIpc) is 2.41. The lowest BCUT2D eigenvalue weighted by Crippen LogP contribution is -2.07. The van der Waals surface area contributed by atoms with Gasteiger partial charge in [0.25, 0.3) is 0 Å².